The predicted octanol–water partition coefficient (Wildman–Crippen LogP) is 2.54. The lowest BCUT2D eigenvalue weighted by Gasteiger charge is -2.10. The van der Waals surface area contributed by atoms with Crippen LogP contribution >= 0.6 is 11.6 Å². The number of aryl methyl sites for hydroxylation is 1. The molecule has 1 aromatic carbocycles. The third-order valence-corrected chi connectivity index (χ3v) is 4.49. The number of rotatable bonds is 7. The van der Waals surface area contributed by atoms with Gasteiger partial charge in [-0.3, -0.25) is 4.55 Å². The molecule has 3 aromatic rings. The van der Waals surface area contributed by atoms with Crippen molar-refractivity contribution in [1.29, 1.82) is 0 Å². The van der Waals surface area contributed by atoms with E-state index in [1.807, 2.05) is 17.6 Å². The second-order valence-corrected chi connectivity index (χ2v) is 7.46. The predicted molar refractivity (Wildman–Crippen MR) is 101 cm³/mol. The van der Waals surface area contributed by atoms with Crippen LogP contribution in [0.3, 0.4) is 0 Å². The van der Waals surface area contributed by atoms with Gasteiger partial charge in [-0.2, -0.15) is 18.4 Å². The summed E-state index contributed by atoms with van der Waals surface area (Å²) < 4.78 is 32.4. The first-order valence-corrected chi connectivity index (χ1v) is 9.79. The minimum atomic E-state index is -4.07. The van der Waals surface area contributed by atoms with Crippen LogP contribution in [0.2, 0.25) is 5.02 Å². The van der Waals surface area contributed by atoms with Crippen LogP contribution < -0.4 is 10.6 Å². The van der Waals surface area contributed by atoms with Crippen LogP contribution in [0.5, 0.6) is 0 Å². The van der Waals surface area contributed by atoms with E-state index >= 15 is 0 Å². The monoisotopic (exact) mass is 396 g/mol. The van der Waals surface area contributed by atoms with Gasteiger partial charge in [0.25, 0.3) is 10.1 Å². The van der Waals surface area contributed by atoms with Gasteiger partial charge in [0.15, 0.2) is 17.0 Å². The number of halogens is 1. The molecule has 0 bridgehead atoms. The Bertz CT molecular complexity index is 1040. The highest BCUT2D eigenvalue weighted by molar-refractivity contribution is 7.85. The Kier molecular flexibility index (Phi) is 5.25. The number of hydrogen-bond acceptors (Lipinski definition) is 7. The van der Waals surface area contributed by atoms with Crippen LogP contribution in [0.15, 0.2) is 30.6 Å². The average Bonchev–Trinajstić information content (AvgIpc) is 2.97. The summed E-state index contributed by atoms with van der Waals surface area (Å²) in [6.45, 7) is 2.59. The van der Waals surface area contributed by atoms with Crippen molar-refractivity contribution in [3.63, 3.8) is 0 Å². The summed E-state index contributed by atoms with van der Waals surface area (Å²) in [6.07, 6.45) is 1.66. The van der Waals surface area contributed by atoms with Crippen LogP contribution in [0, 0.1) is 0 Å². The second-order valence-electron chi connectivity index (χ2n) is 5.45. The van der Waals surface area contributed by atoms with Gasteiger partial charge in [-0.1, -0.05) is 17.7 Å². The largest absolute Gasteiger partial charge is 0.353 e. The molecule has 0 atom stereocenters. The number of hydrogen-bond donors (Lipinski definition) is 3. The highest BCUT2D eigenvalue weighted by Crippen LogP contribution is 2.25. The Morgan fingerprint density at radius 2 is 2.12 bits per heavy atom. The lowest BCUT2D eigenvalue weighted by atomic mass is 10.3. The summed E-state index contributed by atoms with van der Waals surface area (Å²) in [5, 5.41) is 6.53. The quantitative estimate of drug-likeness (QED) is 0.521. The molecule has 3 rings (SSSR count). The van der Waals surface area contributed by atoms with Crippen molar-refractivity contribution < 1.29 is 13.0 Å². The normalized spacial score (nSPS) is 11.7. The lowest BCUT2D eigenvalue weighted by Crippen LogP contribution is -2.16. The minimum Gasteiger partial charge on any atom is -0.353 e. The molecule has 0 spiro atoms. The summed E-state index contributed by atoms with van der Waals surface area (Å²) in [5.74, 6) is 0.234. The van der Waals surface area contributed by atoms with Gasteiger partial charge in [0.2, 0.25) is 5.95 Å². The molecular weight excluding hydrogens is 380 g/mol. The molecule has 0 saturated carbocycles. The van der Waals surface area contributed by atoms with Crippen molar-refractivity contribution in [2.75, 3.05) is 22.9 Å². The van der Waals surface area contributed by atoms with Crippen molar-refractivity contribution >= 4 is 50.3 Å². The highest BCUT2D eigenvalue weighted by Gasteiger charge is 2.14. The fourth-order valence-corrected chi connectivity index (χ4v) is 2.89. The molecule has 0 unspecified atom stereocenters. The number of nitrogens with zero attached hydrogens (tertiary/aromatic N) is 4. The molecular formula is C15H17ClN6O3S. The zero-order valence-corrected chi connectivity index (χ0v) is 15.4. The Hall–Kier alpha value is -2.43. The molecule has 2 heterocycles. The van der Waals surface area contributed by atoms with Gasteiger partial charge >= 0.3 is 0 Å². The van der Waals surface area contributed by atoms with E-state index in [9.17, 15) is 8.42 Å². The zero-order valence-electron chi connectivity index (χ0n) is 13.8. The van der Waals surface area contributed by atoms with Gasteiger partial charge in [0, 0.05) is 23.8 Å². The number of anilines is 3. The molecule has 0 radical (unpaired) electrons. The first kappa shape index (κ1) is 18.4. The fraction of sp³-hybridized carbons (Fsp3) is 0.267. The Morgan fingerprint density at radius 1 is 1.31 bits per heavy atom. The molecule has 0 saturated heterocycles. The van der Waals surface area contributed by atoms with Crippen molar-refractivity contribution in [2.45, 2.75) is 13.5 Å². The van der Waals surface area contributed by atoms with Crippen LogP contribution in [0.1, 0.15) is 6.92 Å². The average molecular weight is 397 g/mol. The van der Waals surface area contributed by atoms with Crippen LogP contribution in [-0.4, -0.2) is 44.8 Å². The number of benzene rings is 1. The van der Waals surface area contributed by atoms with Gasteiger partial charge < -0.3 is 15.2 Å². The Labute approximate surface area is 155 Å². The molecule has 11 heteroatoms. The van der Waals surface area contributed by atoms with E-state index in [1.54, 1.807) is 24.5 Å². The van der Waals surface area contributed by atoms with Crippen molar-refractivity contribution in [3.05, 3.63) is 35.6 Å². The smallest absolute Gasteiger partial charge is 0.266 e. The fourth-order valence-electron chi connectivity index (χ4n) is 2.34. The second kappa shape index (κ2) is 7.44. The van der Waals surface area contributed by atoms with Crippen LogP contribution in [0.25, 0.3) is 11.2 Å². The van der Waals surface area contributed by atoms with Crippen molar-refractivity contribution in [2.24, 2.45) is 0 Å². The van der Waals surface area contributed by atoms with E-state index in [-0.39, 0.29) is 12.5 Å². The van der Waals surface area contributed by atoms with Gasteiger partial charge in [-0.15, -0.1) is 0 Å². The minimum absolute atomic E-state index is 0.0266. The van der Waals surface area contributed by atoms with Gasteiger partial charge in [0.1, 0.15) is 0 Å². The van der Waals surface area contributed by atoms with E-state index in [0.29, 0.717) is 28.5 Å². The molecule has 0 amide bonds. The SMILES string of the molecule is CCn1cnc2c(Nc3cccc(Cl)c3)nc(NCCS(=O)(=O)O)nc21. The third kappa shape index (κ3) is 4.40. The number of aromatic nitrogens is 4. The summed E-state index contributed by atoms with van der Waals surface area (Å²) in [7, 11) is -4.07. The molecule has 2 aromatic heterocycles. The van der Waals surface area contributed by atoms with Gasteiger partial charge in [0.05, 0.1) is 12.1 Å². The highest BCUT2D eigenvalue weighted by atomic mass is 35.5. The molecule has 26 heavy (non-hydrogen) atoms. The van der Waals surface area contributed by atoms with Crippen LogP contribution in [-0.2, 0) is 16.7 Å². The molecule has 0 aliphatic rings. The number of nitrogens with one attached hydrogen (secondary N) is 2. The molecule has 0 aliphatic carbocycles. The molecule has 3 N–H and O–H groups in total. The molecule has 0 fully saturated rings. The number of fused-ring (bicyclic) bond motifs is 1. The molecule has 138 valence electrons. The summed E-state index contributed by atoms with van der Waals surface area (Å²) in [6, 6.07) is 7.15. The van der Waals surface area contributed by atoms with Gasteiger partial charge in [-0.25, -0.2) is 4.98 Å². The van der Waals surface area contributed by atoms with Crippen molar-refractivity contribution in [1.82, 2.24) is 19.5 Å². The van der Waals surface area contributed by atoms with Crippen molar-refractivity contribution in [3.8, 4) is 0 Å². The number of imidazole rings is 1. The summed E-state index contributed by atoms with van der Waals surface area (Å²) in [4.78, 5) is 13.1. The third-order valence-electron chi connectivity index (χ3n) is 3.54. The molecule has 9 nitrogen and oxygen atoms in total. The van der Waals surface area contributed by atoms with E-state index in [1.165, 1.54) is 0 Å². The maximum atomic E-state index is 10.9. The lowest BCUT2D eigenvalue weighted by molar-refractivity contribution is 0.484. The Balaban J connectivity index is 1.96. The maximum Gasteiger partial charge on any atom is 0.266 e. The Morgan fingerprint density at radius 3 is 2.81 bits per heavy atom. The standard InChI is InChI=1S/C15H17ClN6O3S/c1-2-22-9-18-12-13(19-11-5-3-4-10(16)8-11)20-15(21-14(12)22)17-6-7-26(23,24)25/h3-5,8-9H,2,6-7H2,1H3,(H,23,24,25)(H2,17,19,20,21). The van der Waals surface area contributed by atoms with Gasteiger partial charge in [-0.05, 0) is 25.1 Å². The van der Waals surface area contributed by atoms with Crippen LogP contribution in [0.4, 0.5) is 17.5 Å². The van der Waals surface area contributed by atoms with E-state index in [2.05, 4.69) is 25.6 Å². The summed E-state index contributed by atoms with van der Waals surface area (Å²) >= 11 is 6.01. The zero-order chi connectivity index (χ0) is 18.7. The van der Waals surface area contributed by atoms with E-state index in [0.717, 1.165) is 5.69 Å². The molecule has 0 aliphatic heterocycles. The first-order chi connectivity index (χ1) is 12.4. The van der Waals surface area contributed by atoms with E-state index < -0.39 is 15.9 Å². The van der Waals surface area contributed by atoms with E-state index in [4.69, 9.17) is 16.2 Å². The maximum absolute atomic E-state index is 10.9. The summed E-state index contributed by atoms with van der Waals surface area (Å²) in [5.41, 5.74) is 1.90. The topological polar surface area (TPSA) is 122 Å². The first-order valence-electron chi connectivity index (χ1n) is 7.80.